The number of aromatic hydroxyl groups is 1. The number of aliphatic hydroxyl groups is 1. The summed E-state index contributed by atoms with van der Waals surface area (Å²) in [6, 6.07) is 6.24. The van der Waals surface area contributed by atoms with Gasteiger partial charge in [-0.2, -0.15) is 0 Å². The molecule has 1 rings (SSSR count). The molecule has 0 aromatic heterocycles. The standard InChI is InChI=1S/C10H14N2O3/c13-6-5-11-10(15)12-7-8-1-3-9(14)4-2-8/h1-4,13-14H,5-7H2,(H2,11,12,15). The molecular weight excluding hydrogens is 196 g/mol. The maximum atomic E-state index is 11.1. The van der Waals surface area contributed by atoms with Crippen molar-refractivity contribution in [3.63, 3.8) is 0 Å². The lowest BCUT2D eigenvalue weighted by Crippen LogP contribution is -2.36. The van der Waals surface area contributed by atoms with Gasteiger partial charge in [-0.05, 0) is 17.7 Å². The SMILES string of the molecule is O=C(NCCO)NCc1ccc(O)cc1. The van der Waals surface area contributed by atoms with E-state index < -0.39 is 0 Å². The first-order chi connectivity index (χ1) is 7.22. The van der Waals surface area contributed by atoms with Gasteiger partial charge in [-0.1, -0.05) is 12.1 Å². The van der Waals surface area contributed by atoms with E-state index in [4.69, 9.17) is 10.2 Å². The average Bonchev–Trinajstić information content (AvgIpc) is 2.25. The zero-order chi connectivity index (χ0) is 11.1. The van der Waals surface area contributed by atoms with E-state index in [2.05, 4.69) is 10.6 Å². The zero-order valence-corrected chi connectivity index (χ0v) is 8.23. The third kappa shape index (κ3) is 4.33. The molecule has 0 saturated heterocycles. The van der Waals surface area contributed by atoms with Crippen LogP contribution < -0.4 is 10.6 Å². The van der Waals surface area contributed by atoms with Crippen LogP contribution in [0.5, 0.6) is 5.75 Å². The van der Waals surface area contributed by atoms with Crippen molar-refractivity contribution >= 4 is 6.03 Å². The minimum atomic E-state index is -0.322. The minimum absolute atomic E-state index is 0.0768. The number of phenols is 1. The molecule has 5 nitrogen and oxygen atoms in total. The van der Waals surface area contributed by atoms with Crippen LogP contribution in [0.15, 0.2) is 24.3 Å². The molecule has 0 saturated carbocycles. The van der Waals surface area contributed by atoms with Crippen LogP contribution in [-0.2, 0) is 6.54 Å². The van der Waals surface area contributed by atoms with E-state index in [0.29, 0.717) is 6.54 Å². The van der Waals surface area contributed by atoms with Crippen molar-refractivity contribution in [2.45, 2.75) is 6.54 Å². The fraction of sp³-hybridized carbons (Fsp3) is 0.300. The number of aliphatic hydroxyl groups excluding tert-OH is 1. The third-order valence-electron chi connectivity index (χ3n) is 1.79. The van der Waals surface area contributed by atoms with E-state index in [-0.39, 0.29) is 24.9 Å². The topological polar surface area (TPSA) is 81.6 Å². The summed E-state index contributed by atoms with van der Waals surface area (Å²) in [6.45, 7) is 0.547. The van der Waals surface area contributed by atoms with Crippen molar-refractivity contribution in [2.24, 2.45) is 0 Å². The van der Waals surface area contributed by atoms with Gasteiger partial charge in [0, 0.05) is 13.1 Å². The summed E-state index contributed by atoms with van der Waals surface area (Å²) >= 11 is 0. The van der Waals surface area contributed by atoms with Crippen molar-refractivity contribution < 1.29 is 15.0 Å². The molecule has 5 heteroatoms. The Kier molecular flexibility index (Phi) is 4.43. The predicted octanol–water partition coefficient (Wildman–Crippen LogP) is 0.184. The van der Waals surface area contributed by atoms with Crippen molar-refractivity contribution in [3.05, 3.63) is 29.8 Å². The number of amides is 2. The fourth-order valence-electron chi connectivity index (χ4n) is 1.03. The molecule has 0 unspecified atom stereocenters. The van der Waals surface area contributed by atoms with Gasteiger partial charge in [0.2, 0.25) is 0 Å². The Balaban J connectivity index is 2.30. The number of carbonyl (C=O) groups is 1. The third-order valence-corrected chi connectivity index (χ3v) is 1.79. The number of carbonyl (C=O) groups excluding carboxylic acids is 1. The molecule has 15 heavy (non-hydrogen) atoms. The Morgan fingerprint density at radius 1 is 1.20 bits per heavy atom. The Bertz CT molecular complexity index is 311. The molecule has 0 spiro atoms. The summed E-state index contributed by atoms with van der Waals surface area (Å²) in [5.41, 5.74) is 0.895. The molecular formula is C10H14N2O3. The highest BCUT2D eigenvalue weighted by Gasteiger charge is 1.98. The van der Waals surface area contributed by atoms with Gasteiger partial charge in [0.15, 0.2) is 0 Å². The van der Waals surface area contributed by atoms with Crippen molar-refractivity contribution in [3.8, 4) is 5.75 Å². The number of hydrogen-bond donors (Lipinski definition) is 4. The first-order valence-electron chi connectivity index (χ1n) is 4.63. The lowest BCUT2D eigenvalue weighted by atomic mass is 10.2. The molecule has 0 aliphatic heterocycles. The van der Waals surface area contributed by atoms with Crippen molar-refractivity contribution in [2.75, 3.05) is 13.2 Å². The number of rotatable bonds is 4. The van der Waals surface area contributed by atoms with Crippen LogP contribution in [-0.4, -0.2) is 29.4 Å². The van der Waals surface area contributed by atoms with Gasteiger partial charge in [0.25, 0.3) is 0 Å². The largest absolute Gasteiger partial charge is 0.508 e. The summed E-state index contributed by atoms with van der Waals surface area (Å²) in [4.78, 5) is 11.1. The van der Waals surface area contributed by atoms with Gasteiger partial charge in [-0.3, -0.25) is 0 Å². The van der Waals surface area contributed by atoms with Crippen LogP contribution in [0.25, 0.3) is 0 Å². The van der Waals surface area contributed by atoms with Crippen LogP contribution in [0.2, 0.25) is 0 Å². The van der Waals surface area contributed by atoms with Crippen LogP contribution in [0, 0.1) is 0 Å². The monoisotopic (exact) mass is 210 g/mol. The van der Waals surface area contributed by atoms with E-state index in [1.54, 1.807) is 24.3 Å². The maximum Gasteiger partial charge on any atom is 0.315 e. The Morgan fingerprint density at radius 3 is 2.47 bits per heavy atom. The van der Waals surface area contributed by atoms with Gasteiger partial charge in [0.05, 0.1) is 6.61 Å². The molecule has 0 aliphatic carbocycles. The zero-order valence-electron chi connectivity index (χ0n) is 8.23. The molecule has 0 bridgehead atoms. The van der Waals surface area contributed by atoms with E-state index >= 15 is 0 Å². The normalized spacial score (nSPS) is 9.67. The maximum absolute atomic E-state index is 11.1. The molecule has 82 valence electrons. The summed E-state index contributed by atoms with van der Waals surface area (Å²) in [5, 5.41) is 22.6. The Hall–Kier alpha value is -1.75. The molecule has 2 amide bonds. The summed E-state index contributed by atoms with van der Waals surface area (Å²) in [5.74, 6) is 0.198. The average molecular weight is 210 g/mol. The smallest absolute Gasteiger partial charge is 0.315 e. The molecule has 4 N–H and O–H groups in total. The second-order valence-corrected chi connectivity index (χ2v) is 3.00. The summed E-state index contributed by atoms with van der Waals surface area (Å²) in [6.07, 6.45) is 0. The second-order valence-electron chi connectivity index (χ2n) is 3.00. The molecule has 1 aromatic carbocycles. The number of nitrogens with one attached hydrogen (secondary N) is 2. The summed E-state index contributed by atoms with van der Waals surface area (Å²) in [7, 11) is 0. The number of hydrogen-bond acceptors (Lipinski definition) is 3. The molecule has 0 atom stereocenters. The number of urea groups is 1. The molecule has 0 radical (unpaired) electrons. The van der Waals surface area contributed by atoms with Gasteiger partial charge in [-0.15, -0.1) is 0 Å². The van der Waals surface area contributed by atoms with Gasteiger partial charge < -0.3 is 20.8 Å². The Labute approximate surface area is 87.7 Å². The fourth-order valence-corrected chi connectivity index (χ4v) is 1.03. The Morgan fingerprint density at radius 2 is 1.87 bits per heavy atom. The lowest BCUT2D eigenvalue weighted by Gasteiger charge is -2.06. The van der Waals surface area contributed by atoms with E-state index in [0.717, 1.165) is 5.56 Å². The van der Waals surface area contributed by atoms with Gasteiger partial charge in [-0.25, -0.2) is 4.79 Å². The number of phenolic OH excluding ortho intramolecular Hbond substituents is 1. The van der Waals surface area contributed by atoms with Crippen LogP contribution >= 0.6 is 0 Å². The quantitative estimate of drug-likeness (QED) is 0.572. The minimum Gasteiger partial charge on any atom is -0.508 e. The first-order valence-corrected chi connectivity index (χ1v) is 4.63. The highest BCUT2D eigenvalue weighted by Crippen LogP contribution is 2.08. The van der Waals surface area contributed by atoms with Gasteiger partial charge in [0.1, 0.15) is 5.75 Å². The highest BCUT2D eigenvalue weighted by molar-refractivity contribution is 5.73. The van der Waals surface area contributed by atoms with E-state index in [1.807, 2.05) is 0 Å². The van der Waals surface area contributed by atoms with Gasteiger partial charge >= 0.3 is 6.03 Å². The van der Waals surface area contributed by atoms with Crippen molar-refractivity contribution in [1.29, 1.82) is 0 Å². The van der Waals surface area contributed by atoms with Crippen LogP contribution in [0.3, 0.4) is 0 Å². The van der Waals surface area contributed by atoms with E-state index in [9.17, 15) is 4.79 Å². The second kappa shape index (κ2) is 5.87. The lowest BCUT2D eigenvalue weighted by molar-refractivity contribution is 0.234. The van der Waals surface area contributed by atoms with Crippen LogP contribution in [0.1, 0.15) is 5.56 Å². The predicted molar refractivity (Wildman–Crippen MR) is 55.4 cm³/mol. The summed E-state index contributed by atoms with van der Waals surface area (Å²) < 4.78 is 0. The van der Waals surface area contributed by atoms with Crippen molar-refractivity contribution in [1.82, 2.24) is 10.6 Å². The molecule has 0 fully saturated rings. The highest BCUT2D eigenvalue weighted by atomic mass is 16.3. The van der Waals surface area contributed by atoms with Crippen LogP contribution in [0.4, 0.5) is 4.79 Å². The number of benzene rings is 1. The molecule has 0 heterocycles. The first kappa shape index (κ1) is 11.3. The molecule has 0 aliphatic rings. The molecule has 1 aromatic rings. The van der Waals surface area contributed by atoms with E-state index in [1.165, 1.54) is 0 Å².